The van der Waals surface area contributed by atoms with Gasteiger partial charge in [0, 0.05) is 18.5 Å². The number of aromatic nitrogens is 1. The first kappa shape index (κ1) is 14.1. The monoisotopic (exact) mass is 304 g/mol. The Balaban J connectivity index is 2.19. The fraction of sp³-hybridized carbons (Fsp3) is 0.455. The van der Waals surface area contributed by atoms with Gasteiger partial charge in [0.25, 0.3) is 5.91 Å². The number of amides is 1. The van der Waals surface area contributed by atoms with Gasteiger partial charge in [-0.1, -0.05) is 15.9 Å². The van der Waals surface area contributed by atoms with Gasteiger partial charge in [-0.3, -0.25) is 4.79 Å². The van der Waals surface area contributed by atoms with Crippen LogP contribution in [-0.4, -0.2) is 36.0 Å². The molecule has 94 valence electrons. The highest BCUT2D eigenvalue weighted by atomic mass is 79.9. The van der Waals surface area contributed by atoms with Gasteiger partial charge in [-0.25, -0.2) is 9.37 Å². The standard InChI is InChI=1S/C11H14BrFN2O2/c12-4-7-17-6-1-5-14-11(16)10-3-2-9(13)8-15-10/h2-3,8H,1,4-7H2,(H,14,16). The number of ether oxygens (including phenoxy) is 1. The molecule has 0 aliphatic heterocycles. The first-order chi connectivity index (χ1) is 8.24. The molecule has 1 amide bonds. The lowest BCUT2D eigenvalue weighted by Crippen LogP contribution is -2.26. The molecule has 0 saturated carbocycles. The van der Waals surface area contributed by atoms with E-state index in [1.54, 1.807) is 0 Å². The molecule has 1 N–H and O–H groups in total. The van der Waals surface area contributed by atoms with Crippen molar-refractivity contribution in [3.63, 3.8) is 0 Å². The van der Waals surface area contributed by atoms with Crippen molar-refractivity contribution in [3.05, 3.63) is 29.8 Å². The summed E-state index contributed by atoms with van der Waals surface area (Å²) in [5.74, 6) is -0.754. The molecule has 0 radical (unpaired) electrons. The normalized spacial score (nSPS) is 10.2. The van der Waals surface area contributed by atoms with Crippen LogP contribution in [-0.2, 0) is 4.74 Å². The smallest absolute Gasteiger partial charge is 0.269 e. The number of alkyl halides is 1. The third-order valence-corrected chi connectivity index (χ3v) is 2.26. The lowest BCUT2D eigenvalue weighted by atomic mass is 10.3. The highest BCUT2D eigenvalue weighted by Gasteiger charge is 2.05. The summed E-state index contributed by atoms with van der Waals surface area (Å²) in [4.78, 5) is 15.2. The van der Waals surface area contributed by atoms with E-state index in [0.717, 1.165) is 17.9 Å². The number of hydrogen-bond donors (Lipinski definition) is 1. The number of rotatable bonds is 7. The summed E-state index contributed by atoms with van der Waals surface area (Å²) in [6, 6.07) is 2.56. The van der Waals surface area contributed by atoms with Crippen molar-refractivity contribution in [2.24, 2.45) is 0 Å². The van der Waals surface area contributed by atoms with Gasteiger partial charge >= 0.3 is 0 Å². The molecular formula is C11H14BrFN2O2. The molecule has 0 atom stereocenters. The van der Waals surface area contributed by atoms with Crippen molar-refractivity contribution in [2.75, 3.05) is 25.1 Å². The number of hydrogen-bond acceptors (Lipinski definition) is 3. The minimum Gasteiger partial charge on any atom is -0.381 e. The molecule has 4 nitrogen and oxygen atoms in total. The van der Waals surface area contributed by atoms with Crippen LogP contribution in [0.1, 0.15) is 16.9 Å². The second-order valence-electron chi connectivity index (χ2n) is 3.27. The highest BCUT2D eigenvalue weighted by Crippen LogP contribution is 1.97. The van der Waals surface area contributed by atoms with E-state index in [2.05, 4.69) is 26.2 Å². The van der Waals surface area contributed by atoms with Crippen LogP contribution in [0.15, 0.2) is 18.3 Å². The van der Waals surface area contributed by atoms with E-state index in [1.165, 1.54) is 12.1 Å². The Labute approximate surface area is 108 Å². The summed E-state index contributed by atoms with van der Waals surface area (Å²) < 4.78 is 17.8. The van der Waals surface area contributed by atoms with Crippen LogP contribution in [0.3, 0.4) is 0 Å². The van der Waals surface area contributed by atoms with Crippen LogP contribution in [0.25, 0.3) is 0 Å². The van der Waals surface area contributed by atoms with E-state index in [9.17, 15) is 9.18 Å². The molecule has 1 heterocycles. The average Bonchev–Trinajstić information content (AvgIpc) is 2.34. The Kier molecular flexibility index (Phi) is 6.73. The van der Waals surface area contributed by atoms with Crippen LogP contribution in [0, 0.1) is 5.82 Å². The summed E-state index contributed by atoms with van der Waals surface area (Å²) in [5, 5.41) is 3.48. The first-order valence-corrected chi connectivity index (χ1v) is 6.39. The van der Waals surface area contributed by atoms with Crippen LogP contribution in [0.2, 0.25) is 0 Å². The molecule has 0 fully saturated rings. The summed E-state index contributed by atoms with van der Waals surface area (Å²) in [6.07, 6.45) is 1.76. The maximum atomic E-state index is 12.6. The number of nitrogens with one attached hydrogen (secondary N) is 1. The Hall–Kier alpha value is -1.01. The quantitative estimate of drug-likeness (QED) is 0.617. The second-order valence-corrected chi connectivity index (χ2v) is 4.07. The zero-order chi connectivity index (χ0) is 12.5. The number of pyridine rings is 1. The molecule has 0 aromatic carbocycles. The molecule has 1 aromatic heterocycles. The van der Waals surface area contributed by atoms with Crippen molar-refractivity contribution in [2.45, 2.75) is 6.42 Å². The molecule has 0 bridgehead atoms. The van der Waals surface area contributed by atoms with Gasteiger partial charge < -0.3 is 10.1 Å². The Morgan fingerprint density at radius 3 is 2.94 bits per heavy atom. The van der Waals surface area contributed by atoms with Crippen molar-refractivity contribution in [1.82, 2.24) is 10.3 Å². The Morgan fingerprint density at radius 1 is 1.47 bits per heavy atom. The summed E-state index contributed by atoms with van der Waals surface area (Å²) in [7, 11) is 0. The van der Waals surface area contributed by atoms with Crippen LogP contribution in [0.4, 0.5) is 4.39 Å². The maximum absolute atomic E-state index is 12.6. The molecule has 0 aliphatic rings. The Morgan fingerprint density at radius 2 is 2.29 bits per heavy atom. The minimum atomic E-state index is -0.454. The van der Waals surface area contributed by atoms with Gasteiger partial charge in [0.15, 0.2) is 0 Å². The summed E-state index contributed by atoms with van der Waals surface area (Å²) in [5.41, 5.74) is 0.216. The van der Waals surface area contributed by atoms with E-state index >= 15 is 0 Å². The number of halogens is 2. The molecule has 17 heavy (non-hydrogen) atoms. The third-order valence-electron chi connectivity index (χ3n) is 1.93. The Bertz CT molecular complexity index is 346. The molecule has 1 rings (SSSR count). The fourth-order valence-corrected chi connectivity index (χ4v) is 1.36. The van der Waals surface area contributed by atoms with E-state index < -0.39 is 5.82 Å². The highest BCUT2D eigenvalue weighted by molar-refractivity contribution is 9.09. The first-order valence-electron chi connectivity index (χ1n) is 5.27. The van der Waals surface area contributed by atoms with Crippen LogP contribution < -0.4 is 5.32 Å². The van der Waals surface area contributed by atoms with Gasteiger partial charge in [-0.15, -0.1) is 0 Å². The zero-order valence-electron chi connectivity index (χ0n) is 9.29. The fourth-order valence-electron chi connectivity index (χ4n) is 1.13. The van der Waals surface area contributed by atoms with Gasteiger partial charge in [0.05, 0.1) is 12.8 Å². The van der Waals surface area contributed by atoms with Gasteiger partial charge in [-0.2, -0.15) is 0 Å². The van der Waals surface area contributed by atoms with Crippen LogP contribution >= 0.6 is 15.9 Å². The number of carbonyl (C=O) groups is 1. The second kappa shape index (κ2) is 8.14. The number of carbonyl (C=O) groups excluding carboxylic acids is 1. The van der Waals surface area contributed by atoms with Crippen molar-refractivity contribution < 1.29 is 13.9 Å². The summed E-state index contributed by atoms with van der Waals surface area (Å²) in [6.45, 7) is 1.77. The molecule has 0 unspecified atom stereocenters. The van der Waals surface area contributed by atoms with Crippen molar-refractivity contribution in [3.8, 4) is 0 Å². The topological polar surface area (TPSA) is 51.2 Å². The van der Waals surface area contributed by atoms with Crippen LogP contribution in [0.5, 0.6) is 0 Å². The maximum Gasteiger partial charge on any atom is 0.269 e. The van der Waals surface area contributed by atoms with E-state index in [-0.39, 0.29) is 11.6 Å². The molecule has 6 heteroatoms. The predicted molar refractivity (Wildman–Crippen MR) is 65.8 cm³/mol. The third kappa shape index (κ3) is 5.74. The summed E-state index contributed by atoms with van der Waals surface area (Å²) >= 11 is 3.24. The zero-order valence-corrected chi connectivity index (χ0v) is 10.9. The van der Waals surface area contributed by atoms with Gasteiger partial charge in [-0.05, 0) is 18.6 Å². The minimum absolute atomic E-state index is 0.216. The van der Waals surface area contributed by atoms with E-state index in [1.807, 2.05) is 0 Å². The number of nitrogens with zero attached hydrogens (tertiary/aromatic N) is 1. The molecule has 0 spiro atoms. The predicted octanol–water partition coefficient (Wildman–Crippen LogP) is 1.75. The molecule has 1 aromatic rings. The molecule has 0 saturated heterocycles. The lowest BCUT2D eigenvalue weighted by Gasteiger charge is -2.04. The van der Waals surface area contributed by atoms with E-state index in [4.69, 9.17) is 4.74 Å². The van der Waals surface area contributed by atoms with Crippen molar-refractivity contribution >= 4 is 21.8 Å². The van der Waals surface area contributed by atoms with Gasteiger partial charge in [0.2, 0.25) is 0 Å². The molecular weight excluding hydrogens is 291 g/mol. The largest absolute Gasteiger partial charge is 0.381 e. The van der Waals surface area contributed by atoms with E-state index in [0.29, 0.717) is 19.8 Å². The SMILES string of the molecule is O=C(NCCCOCCBr)c1ccc(F)cn1. The molecule has 0 aliphatic carbocycles. The average molecular weight is 305 g/mol. The lowest BCUT2D eigenvalue weighted by molar-refractivity contribution is 0.0939. The van der Waals surface area contributed by atoms with Gasteiger partial charge in [0.1, 0.15) is 11.5 Å². The van der Waals surface area contributed by atoms with Crippen molar-refractivity contribution in [1.29, 1.82) is 0 Å².